The van der Waals surface area contributed by atoms with Crippen LogP contribution in [0.2, 0.25) is 10.0 Å². The van der Waals surface area contributed by atoms with E-state index in [2.05, 4.69) is 0 Å². The Morgan fingerprint density at radius 3 is 2.29 bits per heavy atom. The summed E-state index contributed by atoms with van der Waals surface area (Å²) in [5, 5.41) is 9.20. The maximum absolute atomic E-state index is 10.5. The molecule has 0 spiro atoms. The van der Waals surface area contributed by atoms with Crippen LogP contribution in [0.15, 0.2) is 12.1 Å². The van der Waals surface area contributed by atoms with E-state index in [4.69, 9.17) is 33.0 Å². The van der Waals surface area contributed by atoms with Crippen molar-refractivity contribution in [1.82, 2.24) is 0 Å². The van der Waals surface area contributed by atoms with E-state index in [1.54, 1.807) is 0 Å². The molecule has 1 aromatic rings. The molecule has 0 bridgehead atoms. The number of halogens is 2. The SMILES string of the molecule is COc1cc(Cl)c(CC(=O)O)c(Cl)c1. The fourth-order valence-electron chi connectivity index (χ4n) is 1.02. The molecule has 0 saturated heterocycles. The Kier molecular flexibility index (Phi) is 3.61. The van der Waals surface area contributed by atoms with Crippen LogP contribution in [-0.2, 0) is 11.2 Å². The molecule has 1 rings (SSSR count). The molecule has 3 nitrogen and oxygen atoms in total. The van der Waals surface area contributed by atoms with Gasteiger partial charge in [0.1, 0.15) is 5.75 Å². The number of hydrogen-bond donors (Lipinski definition) is 1. The van der Waals surface area contributed by atoms with Crippen LogP contribution in [0.5, 0.6) is 5.75 Å². The van der Waals surface area contributed by atoms with Crippen LogP contribution in [-0.4, -0.2) is 18.2 Å². The Balaban J connectivity index is 3.11. The largest absolute Gasteiger partial charge is 0.497 e. The third-order valence-electron chi connectivity index (χ3n) is 1.68. The van der Waals surface area contributed by atoms with Crippen molar-refractivity contribution in [2.24, 2.45) is 0 Å². The van der Waals surface area contributed by atoms with Crippen molar-refractivity contribution in [3.63, 3.8) is 0 Å². The number of aliphatic carboxylic acids is 1. The first-order chi connectivity index (χ1) is 6.54. The van der Waals surface area contributed by atoms with E-state index in [1.165, 1.54) is 19.2 Å². The molecule has 1 N–H and O–H groups in total. The number of carboxylic acids is 1. The smallest absolute Gasteiger partial charge is 0.307 e. The van der Waals surface area contributed by atoms with Crippen LogP contribution >= 0.6 is 23.2 Å². The van der Waals surface area contributed by atoms with Gasteiger partial charge in [0.15, 0.2) is 0 Å². The van der Waals surface area contributed by atoms with E-state index < -0.39 is 5.97 Å². The van der Waals surface area contributed by atoms with Gasteiger partial charge < -0.3 is 9.84 Å². The summed E-state index contributed by atoms with van der Waals surface area (Å²) in [4.78, 5) is 10.5. The van der Waals surface area contributed by atoms with E-state index in [1.807, 2.05) is 0 Å². The molecule has 1 aromatic carbocycles. The van der Waals surface area contributed by atoms with Crippen molar-refractivity contribution < 1.29 is 14.6 Å². The zero-order chi connectivity index (χ0) is 10.7. The third kappa shape index (κ3) is 2.53. The molecule has 0 aromatic heterocycles. The summed E-state index contributed by atoms with van der Waals surface area (Å²) >= 11 is 11.7. The van der Waals surface area contributed by atoms with Gasteiger partial charge in [-0.15, -0.1) is 0 Å². The first kappa shape index (κ1) is 11.1. The molecule has 0 saturated carbocycles. The van der Waals surface area contributed by atoms with E-state index in [-0.39, 0.29) is 6.42 Å². The minimum atomic E-state index is -0.973. The van der Waals surface area contributed by atoms with Crippen LogP contribution < -0.4 is 4.74 Å². The van der Waals surface area contributed by atoms with E-state index in [0.717, 1.165) is 0 Å². The van der Waals surface area contributed by atoms with Gasteiger partial charge in [-0.05, 0) is 12.1 Å². The number of hydrogen-bond acceptors (Lipinski definition) is 2. The molecule has 0 atom stereocenters. The van der Waals surface area contributed by atoms with Gasteiger partial charge in [0.25, 0.3) is 0 Å². The Hall–Kier alpha value is -0.930. The Morgan fingerprint density at radius 1 is 1.43 bits per heavy atom. The molecule has 76 valence electrons. The number of carbonyl (C=O) groups is 1. The predicted octanol–water partition coefficient (Wildman–Crippen LogP) is 2.63. The monoisotopic (exact) mass is 234 g/mol. The second-order valence-corrected chi connectivity index (χ2v) is 3.45. The zero-order valence-electron chi connectivity index (χ0n) is 7.38. The summed E-state index contributed by atoms with van der Waals surface area (Å²) < 4.78 is 4.92. The maximum atomic E-state index is 10.5. The van der Waals surface area contributed by atoms with Gasteiger partial charge >= 0.3 is 5.97 Å². The highest BCUT2D eigenvalue weighted by Crippen LogP contribution is 2.30. The Morgan fingerprint density at radius 2 is 1.93 bits per heavy atom. The summed E-state index contributed by atoms with van der Waals surface area (Å²) in [5.74, 6) is -0.465. The first-order valence-electron chi connectivity index (χ1n) is 3.78. The zero-order valence-corrected chi connectivity index (χ0v) is 8.89. The van der Waals surface area contributed by atoms with Gasteiger partial charge in [0.05, 0.1) is 13.5 Å². The van der Waals surface area contributed by atoms with Crippen molar-refractivity contribution in [3.05, 3.63) is 27.7 Å². The third-order valence-corrected chi connectivity index (χ3v) is 2.35. The van der Waals surface area contributed by atoms with Crippen molar-refractivity contribution >= 4 is 29.2 Å². The molecule has 0 fully saturated rings. The molecule has 0 aliphatic carbocycles. The number of benzene rings is 1. The summed E-state index contributed by atoms with van der Waals surface area (Å²) in [6, 6.07) is 3.07. The molecular formula is C9H8Cl2O3. The summed E-state index contributed by atoms with van der Waals surface area (Å²) in [7, 11) is 1.48. The van der Waals surface area contributed by atoms with E-state index in [0.29, 0.717) is 21.4 Å². The van der Waals surface area contributed by atoms with Crippen LogP contribution in [0.4, 0.5) is 0 Å². The van der Waals surface area contributed by atoms with Gasteiger partial charge in [0.2, 0.25) is 0 Å². The molecule has 0 unspecified atom stereocenters. The molecule has 0 heterocycles. The first-order valence-corrected chi connectivity index (χ1v) is 4.54. The van der Waals surface area contributed by atoms with Crippen molar-refractivity contribution in [3.8, 4) is 5.75 Å². The number of carboxylic acid groups (broad SMARTS) is 1. The lowest BCUT2D eigenvalue weighted by atomic mass is 10.1. The molecule has 0 aliphatic heterocycles. The summed E-state index contributed by atoms with van der Waals surface area (Å²) in [6.07, 6.45) is -0.193. The summed E-state index contributed by atoms with van der Waals surface area (Å²) in [6.45, 7) is 0. The Labute approximate surface area is 91.2 Å². The van der Waals surface area contributed by atoms with Crippen LogP contribution in [0.1, 0.15) is 5.56 Å². The average molecular weight is 235 g/mol. The molecular weight excluding hydrogens is 227 g/mol. The number of methoxy groups -OCH3 is 1. The van der Waals surface area contributed by atoms with Crippen LogP contribution in [0.25, 0.3) is 0 Å². The van der Waals surface area contributed by atoms with Crippen molar-refractivity contribution in [2.45, 2.75) is 6.42 Å². The van der Waals surface area contributed by atoms with Gasteiger partial charge in [-0.2, -0.15) is 0 Å². The van der Waals surface area contributed by atoms with Gasteiger partial charge in [-0.3, -0.25) is 4.79 Å². The molecule has 5 heteroatoms. The lowest BCUT2D eigenvalue weighted by Crippen LogP contribution is -2.01. The predicted molar refractivity (Wildman–Crippen MR) is 54.4 cm³/mol. The highest BCUT2D eigenvalue weighted by molar-refractivity contribution is 6.36. The summed E-state index contributed by atoms with van der Waals surface area (Å²) in [5.41, 5.74) is 0.404. The lowest BCUT2D eigenvalue weighted by molar-refractivity contribution is -0.136. The number of ether oxygens (including phenoxy) is 1. The number of rotatable bonds is 3. The standard InChI is InChI=1S/C9H8Cl2O3/c1-14-5-2-7(10)6(4-9(12)13)8(11)3-5/h2-3H,4H2,1H3,(H,12,13). The normalized spacial score (nSPS) is 9.93. The van der Waals surface area contributed by atoms with Crippen molar-refractivity contribution in [2.75, 3.05) is 7.11 Å². The van der Waals surface area contributed by atoms with E-state index in [9.17, 15) is 4.79 Å². The Bertz CT molecular complexity index is 340. The molecule has 0 radical (unpaired) electrons. The minimum Gasteiger partial charge on any atom is -0.497 e. The fraction of sp³-hybridized carbons (Fsp3) is 0.222. The van der Waals surface area contributed by atoms with Gasteiger partial charge in [-0.25, -0.2) is 0 Å². The highest BCUT2D eigenvalue weighted by atomic mass is 35.5. The highest BCUT2D eigenvalue weighted by Gasteiger charge is 2.11. The fourth-order valence-corrected chi connectivity index (χ4v) is 1.62. The minimum absolute atomic E-state index is 0.193. The quantitative estimate of drug-likeness (QED) is 0.875. The second kappa shape index (κ2) is 4.53. The molecule has 14 heavy (non-hydrogen) atoms. The van der Waals surface area contributed by atoms with E-state index >= 15 is 0 Å². The molecule has 0 aliphatic rings. The topological polar surface area (TPSA) is 46.5 Å². The van der Waals surface area contributed by atoms with Gasteiger partial charge in [0, 0.05) is 15.6 Å². The lowest BCUT2D eigenvalue weighted by Gasteiger charge is -2.07. The van der Waals surface area contributed by atoms with Crippen LogP contribution in [0.3, 0.4) is 0 Å². The maximum Gasteiger partial charge on any atom is 0.307 e. The van der Waals surface area contributed by atoms with Crippen LogP contribution in [0, 0.1) is 0 Å². The second-order valence-electron chi connectivity index (χ2n) is 2.64. The van der Waals surface area contributed by atoms with Crippen molar-refractivity contribution in [1.29, 1.82) is 0 Å². The average Bonchev–Trinajstić information content (AvgIpc) is 2.10. The molecule has 0 amide bonds. The van der Waals surface area contributed by atoms with Gasteiger partial charge in [-0.1, -0.05) is 23.2 Å².